The smallest absolute Gasteiger partial charge is 0.871 e. The summed E-state index contributed by atoms with van der Waals surface area (Å²) in [6.45, 7) is -2.82. The summed E-state index contributed by atoms with van der Waals surface area (Å²) in [5.41, 5.74) is -1.46. The number of carbonyl (C=O) groups is 5. The summed E-state index contributed by atoms with van der Waals surface area (Å²) >= 11 is 12.2. The molecule has 1 aliphatic carbocycles. The average Bonchev–Trinajstić information content (AvgIpc) is 3.03. The van der Waals surface area contributed by atoms with Crippen molar-refractivity contribution in [3.05, 3.63) is 92.1 Å². The summed E-state index contributed by atoms with van der Waals surface area (Å²) in [7, 11) is 0. The van der Waals surface area contributed by atoms with E-state index in [0.29, 0.717) is 0 Å². The van der Waals surface area contributed by atoms with Crippen LogP contribution in [0.25, 0.3) is 33.4 Å². The molecule has 0 radical (unpaired) electrons. The first-order valence-corrected chi connectivity index (χ1v) is 14.7. The van der Waals surface area contributed by atoms with Gasteiger partial charge in [-0.2, -0.15) is 0 Å². The van der Waals surface area contributed by atoms with Crippen LogP contribution in [0.15, 0.2) is 69.9 Å². The van der Waals surface area contributed by atoms with Gasteiger partial charge in [0.05, 0.1) is 47.7 Å². The topological polar surface area (TPSA) is 255 Å². The minimum absolute atomic E-state index is 0. The number of aliphatic carboxylic acids is 3. The average molecular weight is 916 g/mol. The number of ether oxygens (including phenoxy) is 1. The summed E-state index contributed by atoms with van der Waals surface area (Å²) in [5, 5.41) is 60.4. The van der Waals surface area contributed by atoms with E-state index in [4.69, 9.17) is 32.4 Å². The van der Waals surface area contributed by atoms with E-state index in [-0.39, 0.29) is 323 Å². The summed E-state index contributed by atoms with van der Waals surface area (Å²) in [6, 6.07) is 11.4. The molecule has 22 heteroatoms. The zero-order valence-corrected chi connectivity index (χ0v) is 47.0. The first-order chi connectivity index (χ1) is 23.6. The molecule has 2 aliphatic rings. The van der Waals surface area contributed by atoms with E-state index in [1.165, 1.54) is 30.3 Å². The van der Waals surface area contributed by atoms with Crippen molar-refractivity contribution >= 4 is 75.3 Å². The van der Waals surface area contributed by atoms with Crippen molar-refractivity contribution in [2.45, 2.75) is 0 Å². The molecule has 15 nitrogen and oxygen atoms in total. The fraction of sp³-hybridized carbons (Fsp3) is 0.0909. The molecule has 0 unspecified atom stereocenters. The quantitative estimate of drug-likeness (QED) is 0.0902. The molecular formula is C33H17Cl2K5N2O13. The molecule has 0 atom stereocenters. The fourth-order valence-electron chi connectivity index (χ4n) is 5.07. The van der Waals surface area contributed by atoms with Gasteiger partial charge in [0.1, 0.15) is 23.7 Å². The molecular weight excluding hydrogens is 899 g/mol. The van der Waals surface area contributed by atoms with Crippen LogP contribution in [0.1, 0.15) is 20.7 Å². The van der Waals surface area contributed by atoms with E-state index in [9.17, 15) is 54.3 Å². The molecule has 0 saturated heterocycles. The van der Waals surface area contributed by atoms with Gasteiger partial charge < -0.3 is 64.1 Å². The number of nitrogens with zero attached hydrogens (tertiary/aromatic N) is 1. The third-order valence-corrected chi connectivity index (χ3v) is 7.75. The molecule has 3 aromatic rings. The Morgan fingerprint density at radius 2 is 1.38 bits per heavy atom. The van der Waals surface area contributed by atoms with Crippen LogP contribution in [0, 0.1) is 0 Å². The van der Waals surface area contributed by atoms with Crippen LogP contribution in [0.4, 0.5) is 11.4 Å². The first kappa shape index (κ1) is 56.9. The van der Waals surface area contributed by atoms with Gasteiger partial charge in [-0.3, -0.25) is 9.59 Å². The van der Waals surface area contributed by atoms with E-state index >= 15 is 0 Å². The largest absolute Gasteiger partial charge is 1.00 e. The number of rotatable bonds is 12. The van der Waals surface area contributed by atoms with Crippen LogP contribution >= 0.6 is 23.2 Å². The maximum atomic E-state index is 13.4. The Bertz CT molecular complexity index is 2280. The van der Waals surface area contributed by atoms with E-state index < -0.39 is 66.2 Å². The fourth-order valence-corrected chi connectivity index (χ4v) is 5.39. The second-order valence-electron chi connectivity index (χ2n) is 10.5. The zero-order chi connectivity index (χ0) is 36.4. The van der Waals surface area contributed by atoms with Gasteiger partial charge in [-0.25, -0.2) is 0 Å². The normalized spacial score (nSPS) is 9.93. The molecule has 3 aromatic carbocycles. The standard InChI is InChI=1S/C33H22Cl2N2O13.5K/c34-20-7-18-25(9-23(20)38)50-26-10-24(39)21(35)8-19(26)31(18)16-3-1-14(5-17(16)33(47)48)32(46)36-22-4-2-15(6-27(22)49-13-30(44)45)37(11-28(40)41)12-29(42)43;;;;;/h1-10,38H,11-13H2,(H,36,46)(H,40,41)(H,42,43)(H,44,45)(H,47,48);;;;;/q;5*+1/p-5. The van der Waals surface area contributed by atoms with Gasteiger partial charge in [0, 0.05) is 50.5 Å². The van der Waals surface area contributed by atoms with Crippen LogP contribution in [-0.2, 0) is 14.4 Å². The maximum absolute atomic E-state index is 13.4. The van der Waals surface area contributed by atoms with Crippen molar-refractivity contribution in [3.63, 3.8) is 0 Å². The molecule has 0 bridgehead atoms. The monoisotopic (exact) mass is 914 g/mol. The Labute approximate surface area is 534 Å². The van der Waals surface area contributed by atoms with Gasteiger partial charge >= 0.3 is 257 Å². The molecule has 0 spiro atoms. The Balaban J connectivity index is 0.00000583. The van der Waals surface area contributed by atoms with E-state index in [2.05, 4.69) is 5.32 Å². The molecule has 1 amide bonds. The number of anilines is 2. The van der Waals surface area contributed by atoms with Gasteiger partial charge in [0.25, 0.3) is 5.91 Å². The molecule has 5 rings (SSSR count). The summed E-state index contributed by atoms with van der Waals surface area (Å²) in [4.78, 5) is 72.5. The molecule has 1 heterocycles. The predicted octanol–water partition coefficient (Wildman–Crippen LogP) is -16.0. The Morgan fingerprint density at radius 3 is 1.96 bits per heavy atom. The van der Waals surface area contributed by atoms with Gasteiger partial charge in [-0.15, -0.1) is 0 Å². The van der Waals surface area contributed by atoms with Gasteiger partial charge in [0.2, 0.25) is 5.43 Å². The van der Waals surface area contributed by atoms with Crippen LogP contribution in [-0.4, -0.2) is 49.5 Å². The van der Waals surface area contributed by atoms with E-state index in [1.807, 2.05) is 0 Å². The van der Waals surface area contributed by atoms with Crippen molar-refractivity contribution in [2.75, 3.05) is 29.9 Å². The SMILES string of the molecule is O=C([O-])COc1cc(N(CC(=O)[O-])CC(=O)[O-])ccc1NC(=O)c1ccc(-c2c3cc(Cl)c(=O)cc-3oc3cc([O-])c(Cl)cc23)c(C(=O)[O-])c1.[K+].[K+].[K+].[K+].[K+]. The molecule has 1 aliphatic heterocycles. The number of fused-ring (bicyclic) bond motifs is 2. The molecule has 0 saturated carbocycles. The summed E-state index contributed by atoms with van der Waals surface area (Å²) in [5.74, 6) is -8.64. The Kier molecular flexibility index (Phi) is 26.6. The number of carboxylic acid groups (broad SMARTS) is 4. The number of carboxylic acids is 4. The number of hydrogen-bond acceptors (Lipinski definition) is 14. The van der Waals surface area contributed by atoms with E-state index in [0.717, 1.165) is 35.2 Å². The van der Waals surface area contributed by atoms with Crippen LogP contribution < -0.4 is 303 Å². The second kappa shape index (κ2) is 25.7. The van der Waals surface area contributed by atoms with Crippen molar-refractivity contribution in [3.8, 4) is 33.9 Å². The first-order valence-electron chi connectivity index (χ1n) is 14.0. The van der Waals surface area contributed by atoms with Gasteiger partial charge in [0.15, 0.2) is 0 Å². The summed E-state index contributed by atoms with van der Waals surface area (Å²) < 4.78 is 10.9. The van der Waals surface area contributed by atoms with Crippen molar-refractivity contribution in [1.29, 1.82) is 0 Å². The molecule has 55 heavy (non-hydrogen) atoms. The summed E-state index contributed by atoms with van der Waals surface area (Å²) in [6.07, 6.45) is 0. The predicted molar refractivity (Wildman–Crippen MR) is 165 cm³/mol. The number of nitrogens with one attached hydrogen (secondary N) is 1. The molecule has 256 valence electrons. The van der Waals surface area contributed by atoms with Gasteiger partial charge in [-0.05, 0) is 48.0 Å². The number of amides is 1. The number of benzene rings is 4. The number of carbonyl (C=O) groups excluding carboxylic acids is 5. The van der Waals surface area contributed by atoms with Crippen molar-refractivity contribution < 1.29 is 316 Å². The van der Waals surface area contributed by atoms with Crippen LogP contribution in [0.3, 0.4) is 0 Å². The Morgan fingerprint density at radius 1 is 0.745 bits per heavy atom. The third kappa shape index (κ3) is 14.7. The molecule has 1 N–H and O–H groups in total. The molecule has 0 aromatic heterocycles. The number of halogens is 2. The third-order valence-electron chi connectivity index (χ3n) is 7.16. The van der Waals surface area contributed by atoms with Gasteiger partial charge in [-0.1, -0.05) is 35.0 Å². The van der Waals surface area contributed by atoms with E-state index in [1.54, 1.807) is 0 Å². The van der Waals surface area contributed by atoms with Crippen molar-refractivity contribution in [1.82, 2.24) is 0 Å². The number of aromatic carboxylic acids is 1. The van der Waals surface area contributed by atoms with Crippen LogP contribution in [0.2, 0.25) is 10.0 Å². The number of hydrogen-bond donors (Lipinski definition) is 1. The van der Waals surface area contributed by atoms with Crippen molar-refractivity contribution in [2.24, 2.45) is 0 Å². The maximum Gasteiger partial charge on any atom is 1.00 e. The van der Waals surface area contributed by atoms with Crippen LogP contribution in [0.5, 0.6) is 11.5 Å². The minimum atomic E-state index is -1.74. The minimum Gasteiger partial charge on any atom is -0.871 e. The second-order valence-corrected chi connectivity index (χ2v) is 11.3. The zero-order valence-electron chi connectivity index (χ0n) is 29.9. The molecule has 0 fully saturated rings. The Hall–Kier alpha value is 1.86.